The van der Waals surface area contributed by atoms with Crippen LogP contribution in [0.15, 0.2) is 42.5 Å². The summed E-state index contributed by atoms with van der Waals surface area (Å²) in [5, 5.41) is 15.0. The number of nitrogens with zero attached hydrogens (tertiary/aromatic N) is 2. The van der Waals surface area contributed by atoms with Gasteiger partial charge in [0.1, 0.15) is 18.4 Å². The van der Waals surface area contributed by atoms with Gasteiger partial charge >= 0.3 is 0 Å². The first kappa shape index (κ1) is 18.8. The first-order chi connectivity index (χ1) is 13.6. The Morgan fingerprint density at radius 3 is 2.68 bits per heavy atom. The van der Waals surface area contributed by atoms with Gasteiger partial charge in [-0.25, -0.2) is 0 Å². The quantitative estimate of drug-likeness (QED) is 0.601. The van der Waals surface area contributed by atoms with Gasteiger partial charge in [-0.3, -0.25) is 15.0 Å². The Morgan fingerprint density at radius 2 is 1.93 bits per heavy atom. The van der Waals surface area contributed by atoms with Crippen LogP contribution in [0.4, 0.5) is 11.4 Å². The first-order valence-corrected chi connectivity index (χ1v) is 9.77. The third-order valence-electron chi connectivity index (χ3n) is 5.13. The molecule has 148 valence electrons. The summed E-state index contributed by atoms with van der Waals surface area (Å²) in [6.07, 6.45) is 1.80. The highest BCUT2D eigenvalue weighted by molar-refractivity contribution is 6.31. The van der Waals surface area contributed by atoms with Gasteiger partial charge in [0.2, 0.25) is 0 Å². The minimum atomic E-state index is -0.383. The van der Waals surface area contributed by atoms with Crippen LogP contribution in [0.2, 0.25) is 5.02 Å². The van der Waals surface area contributed by atoms with E-state index in [1.54, 1.807) is 6.07 Å². The minimum Gasteiger partial charge on any atom is -0.486 e. The van der Waals surface area contributed by atoms with Crippen LogP contribution in [0.1, 0.15) is 12.8 Å². The molecule has 0 amide bonds. The van der Waals surface area contributed by atoms with Gasteiger partial charge in [-0.1, -0.05) is 23.7 Å². The number of para-hydroxylation sites is 2. The number of piperidine rings is 1. The molecule has 2 aliphatic rings. The zero-order valence-electron chi connectivity index (χ0n) is 15.3. The first-order valence-electron chi connectivity index (χ1n) is 9.40. The molecule has 2 heterocycles. The van der Waals surface area contributed by atoms with Crippen LogP contribution in [0.25, 0.3) is 0 Å². The van der Waals surface area contributed by atoms with Crippen LogP contribution in [-0.4, -0.2) is 48.2 Å². The maximum atomic E-state index is 11.2. The molecule has 0 spiro atoms. The standard InChI is InChI=1S/C20H22ClN3O4/c21-14-5-6-18(24(25)26)17(11-14)22-15-7-9-23(10-8-15)12-16-13-27-19-3-1-2-4-20(19)28-16/h1-6,11,15-16,22H,7-10,12-13H2. The van der Waals surface area contributed by atoms with Gasteiger partial charge < -0.3 is 14.8 Å². The van der Waals surface area contributed by atoms with Crippen molar-refractivity contribution in [3.8, 4) is 11.5 Å². The average Bonchev–Trinajstić information content (AvgIpc) is 2.69. The summed E-state index contributed by atoms with van der Waals surface area (Å²) in [6, 6.07) is 12.5. The lowest BCUT2D eigenvalue weighted by Gasteiger charge is -2.36. The number of rotatable bonds is 5. The summed E-state index contributed by atoms with van der Waals surface area (Å²) in [6.45, 7) is 3.14. The van der Waals surface area contributed by atoms with Crippen LogP contribution in [0.5, 0.6) is 11.5 Å². The highest BCUT2D eigenvalue weighted by Gasteiger charge is 2.27. The van der Waals surface area contributed by atoms with Crippen LogP contribution in [-0.2, 0) is 0 Å². The maximum absolute atomic E-state index is 11.2. The zero-order valence-corrected chi connectivity index (χ0v) is 16.1. The number of ether oxygens (including phenoxy) is 2. The smallest absolute Gasteiger partial charge is 0.292 e. The van der Waals surface area contributed by atoms with E-state index in [0.717, 1.165) is 44.0 Å². The lowest BCUT2D eigenvalue weighted by Crippen LogP contribution is -2.46. The second kappa shape index (κ2) is 8.24. The van der Waals surface area contributed by atoms with Crippen molar-refractivity contribution in [2.24, 2.45) is 0 Å². The molecule has 0 saturated carbocycles. The van der Waals surface area contributed by atoms with Crippen LogP contribution < -0.4 is 14.8 Å². The van der Waals surface area contributed by atoms with Crippen LogP contribution in [0.3, 0.4) is 0 Å². The summed E-state index contributed by atoms with van der Waals surface area (Å²) in [5.41, 5.74) is 0.537. The van der Waals surface area contributed by atoms with E-state index in [4.69, 9.17) is 21.1 Å². The molecule has 7 nitrogen and oxygen atoms in total. The fourth-order valence-corrected chi connectivity index (χ4v) is 3.88. The van der Waals surface area contributed by atoms with Crippen molar-refractivity contribution in [2.75, 3.05) is 31.6 Å². The number of nitrogens with one attached hydrogen (secondary N) is 1. The summed E-state index contributed by atoms with van der Waals surface area (Å²) < 4.78 is 11.8. The molecule has 0 aromatic heterocycles. The summed E-state index contributed by atoms with van der Waals surface area (Å²) in [4.78, 5) is 13.2. The maximum Gasteiger partial charge on any atom is 0.292 e. The van der Waals surface area contributed by atoms with E-state index in [1.807, 2.05) is 24.3 Å². The molecule has 28 heavy (non-hydrogen) atoms. The summed E-state index contributed by atoms with van der Waals surface area (Å²) >= 11 is 6.01. The van der Waals surface area contributed by atoms with Gasteiger partial charge in [-0.2, -0.15) is 0 Å². The van der Waals surface area contributed by atoms with Crippen molar-refractivity contribution >= 4 is 23.0 Å². The highest BCUT2D eigenvalue weighted by atomic mass is 35.5. The number of benzene rings is 2. The highest BCUT2D eigenvalue weighted by Crippen LogP contribution is 2.32. The van der Waals surface area contributed by atoms with Crippen molar-refractivity contribution in [1.29, 1.82) is 0 Å². The second-order valence-corrected chi connectivity index (χ2v) is 7.57. The molecular weight excluding hydrogens is 382 g/mol. The number of hydrogen-bond donors (Lipinski definition) is 1. The van der Waals surface area contributed by atoms with E-state index in [1.165, 1.54) is 12.1 Å². The van der Waals surface area contributed by atoms with Crippen molar-refractivity contribution in [3.05, 3.63) is 57.6 Å². The SMILES string of the molecule is O=[N+]([O-])c1ccc(Cl)cc1NC1CCN(CC2COc3ccccc3O2)CC1. The van der Waals surface area contributed by atoms with Crippen molar-refractivity contribution in [1.82, 2.24) is 4.90 Å². The molecule has 0 aliphatic carbocycles. The van der Waals surface area contributed by atoms with Gasteiger partial charge in [-0.15, -0.1) is 0 Å². The van der Waals surface area contributed by atoms with Crippen molar-refractivity contribution < 1.29 is 14.4 Å². The normalized spacial score (nSPS) is 20.0. The van der Waals surface area contributed by atoms with Crippen LogP contribution >= 0.6 is 11.6 Å². The Labute approximate surface area is 168 Å². The fraction of sp³-hybridized carbons (Fsp3) is 0.400. The number of hydrogen-bond acceptors (Lipinski definition) is 6. The fourth-order valence-electron chi connectivity index (χ4n) is 3.70. The number of fused-ring (bicyclic) bond motifs is 1. The van der Waals surface area contributed by atoms with Gasteiger partial charge in [0, 0.05) is 36.8 Å². The van der Waals surface area contributed by atoms with Gasteiger partial charge in [0.15, 0.2) is 11.5 Å². The minimum absolute atomic E-state index is 0.00780. The summed E-state index contributed by atoms with van der Waals surface area (Å²) in [7, 11) is 0. The second-order valence-electron chi connectivity index (χ2n) is 7.14. The average molecular weight is 404 g/mol. The Balaban J connectivity index is 1.30. The Kier molecular flexibility index (Phi) is 5.54. The molecule has 0 radical (unpaired) electrons. The van der Waals surface area contributed by atoms with E-state index >= 15 is 0 Å². The lowest BCUT2D eigenvalue weighted by molar-refractivity contribution is -0.384. The molecule has 1 saturated heterocycles. The Bertz CT molecular complexity index is 855. The van der Waals surface area contributed by atoms with Crippen LogP contribution in [0, 0.1) is 10.1 Å². The molecule has 1 N–H and O–H groups in total. The zero-order chi connectivity index (χ0) is 19.5. The van der Waals surface area contributed by atoms with E-state index < -0.39 is 0 Å². The lowest BCUT2D eigenvalue weighted by atomic mass is 10.0. The predicted octanol–water partition coefficient (Wildman–Crippen LogP) is 3.96. The molecular formula is C20H22ClN3O4. The number of halogens is 1. The molecule has 1 unspecified atom stereocenters. The molecule has 4 rings (SSSR count). The molecule has 2 aromatic carbocycles. The van der Waals surface area contributed by atoms with Crippen molar-refractivity contribution in [3.63, 3.8) is 0 Å². The topological polar surface area (TPSA) is 76.9 Å². The number of nitro benzene ring substituents is 1. The molecule has 8 heteroatoms. The molecule has 2 aliphatic heterocycles. The predicted molar refractivity (Wildman–Crippen MR) is 108 cm³/mol. The van der Waals surface area contributed by atoms with E-state index in [9.17, 15) is 10.1 Å². The number of anilines is 1. The van der Waals surface area contributed by atoms with E-state index in [-0.39, 0.29) is 22.8 Å². The molecule has 1 atom stereocenters. The van der Waals surface area contributed by atoms with Crippen molar-refractivity contribution in [2.45, 2.75) is 25.0 Å². The third-order valence-corrected chi connectivity index (χ3v) is 5.37. The largest absolute Gasteiger partial charge is 0.486 e. The molecule has 0 bridgehead atoms. The van der Waals surface area contributed by atoms with E-state index in [2.05, 4.69) is 10.2 Å². The molecule has 2 aromatic rings. The van der Waals surface area contributed by atoms with Gasteiger partial charge in [0.25, 0.3) is 5.69 Å². The number of likely N-dealkylation sites (tertiary alicyclic amines) is 1. The van der Waals surface area contributed by atoms with Gasteiger partial charge in [0.05, 0.1) is 4.92 Å². The molecule has 1 fully saturated rings. The third kappa shape index (κ3) is 4.31. The monoisotopic (exact) mass is 403 g/mol. The van der Waals surface area contributed by atoms with Gasteiger partial charge in [-0.05, 0) is 37.1 Å². The number of nitro groups is 1. The van der Waals surface area contributed by atoms with E-state index in [0.29, 0.717) is 17.3 Å². The summed E-state index contributed by atoms with van der Waals surface area (Å²) in [5.74, 6) is 1.59. The Morgan fingerprint density at radius 1 is 1.18 bits per heavy atom. The Hall–Kier alpha value is -2.51.